The highest BCUT2D eigenvalue weighted by molar-refractivity contribution is 7.80. The maximum atomic E-state index is 14.1. The van der Waals surface area contributed by atoms with E-state index in [0.717, 1.165) is 67.1 Å². The van der Waals surface area contributed by atoms with Gasteiger partial charge in [-0.15, -0.1) is 12.6 Å². The molecule has 1 heterocycles. The normalized spacial score (nSPS) is 23.8. The molecule has 1 aliphatic heterocycles. The van der Waals surface area contributed by atoms with Gasteiger partial charge in [-0.05, 0) is 115 Å². The number of likely N-dealkylation sites (tertiary alicyclic amines) is 1. The molecule has 3 unspecified atom stereocenters. The minimum Gasteiger partial charge on any atom is -0.489 e. The molecule has 2 aliphatic carbocycles. The average molecular weight is 589 g/mol. The van der Waals surface area contributed by atoms with Crippen LogP contribution in [0, 0.1) is 5.92 Å². The summed E-state index contributed by atoms with van der Waals surface area (Å²) in [5.41, 5.74) is 6.36. The van der Waals surface area contributed by atoms with E-state index in [2.05, 4.69) is 59.2 Å². The Hall–Kier alpha value is -3.16. The first-order valence-electron chi connectivity index (χ1n) is 15.0. The van der Waals surface area contributed by atoms with E-state index in [4.69, 9.17) is 4.74 Å². The predicted molar refractivity (Wildman–Crippen MR) is 168 cm³/mol. The molecule has 1 N–H and O–H groups in total. The van der Waals surface area contributed by atoms with Crippen LogP contribution in [-0.4, -0.2) is 48.9 Å². The summed E-state index contributed by atoms with van der Waals surface area (Å²) in [4.78, 5) is 15.8. The van der Waals surface area contributed by atoms with Crippen molar-refractivity contribution in [1.29, 1.82) is 0 Å². The molecule has 1 saturated carbocycles. The second-order valence-corrected chi connectivity index (χ2v) is 12.6. The van der Waals surface area contributed by atoms with Gasteiger partial charge >= 0.3 is 0 Å². The largest absolute Gasteiger partial charge is 0.489 e. The monoisotopic (exact) mass is 588 g/mol. The predicted octanol–water partition coefficient (Wildman–Crippen LogP) is 7.77. The van der Waals surface area contributed by atoms with Crippen molar-refractivity contribution in [2.24, 2.45) is 5.92 Å². The van der Waals surface area contributed by atoms with E-state index >= 15 is 0 Å². The van der Waals surface area contributed by atoms with Gasteiger partial charge < -0.3 is 10.1 Å². The summed E-state index contributed by atoms with van der Waals surface area (Å²) < 4.78 is 33.0. The summed E-state index contributed by atoms with van der Waals surface area (Å²) in [6, 6.07) is 22.8. The molecule has 4 nitrogen and oxygen atoms in total. The van der Waals surface area contributed by atoms with Crippen LogP contribution in [0.25, 0.3) is 11.1 Å². The van der Waals surface area contributed by atoms with Crippen LogP contribution in [0.3, 0.4) is 0 Å². The van der Waals surface area contributed by atoms with Crippen molar-refractivity contribution >= 4 is 35.4 Å². The Morgan fingerprint density at radius 2 is 1.81 bits per heavy atom. The number of carbonyl (C=O) groups is 1. The zero-order chi connectivity index (χ0) is 29.3. The van der Waals surface area contributed by atoms with Crippen LogP contribution >= 0.6 is 12.6 Å². The fourth-order valence-electron chi connectivity index (χ4n) is 6.35. The Morgan fingerprint density at radius 1 is 1.07 bits per heavy atom. The number of hydrogen-bond acceptors (Lipinski definition) is 4. The number of nitrogens with one attached hydrogen (secondary N) is 1. The molecule has 2 fully saturated rings. The molecule has 220 valence electrons. The molecule has 3 aliphatic rings. The number of ether oxygens (including phenoxy) is 1. The van der Waals surface area contributed by atoms with Crippen molar-refractivity contribution < 1.29 is 18.3 Å². The van der Waals surface area contributed by atoms with Crippen LogP contribution in [0.1, 0.15) is 61.3 Å². The first-order chi connectivity index (χ1) is 20.3. The second kappa shape index (κ2) is 12.2. The molecule has 0 aromatic heterocycles. The number of carbonyl (C=O) groups excluding carboxylic acids is 1. The van der Waals surface area contributed by atoms with Gasteiger partial charge in [-0.3, -0.25) is 14.1 Å². The Morgan fingerprint density at radius 3 is 2.52 bits per heavy atom. The third-order valence-electron chi connectivity index (χ3n) is 8.80. The van der Waals surface area contributed by atoms with Crippen molar-refractivity contribution in [1.82, 2.24) is 4.90 Å². The highest BCUT2D eigenvalue weighted by atomic mass is 32.1. The van der Waals surface area contributed by atoms with Gasteiger partial charge in [-0.2, -0.15) is 0 Å². The SMILES string of the molecule is CC1(F)CC1C(=O)Nc1ccc2c(c1)CCCC(c1ccc(S)cc1)=C2c1ccc(OC2CCN(CCCF)C2)cc1. The van der Waals surface area contributed by atoms with E-state index in [9.17, 15) is 13.6 Å². The summed E-state index contributed by atoms with van der Waals surface area (Å²) >= 11 is 4.50. The summed E-state index contributed by atoms with van der Waals surface area (Å²) in [7, 11) is 0. The second-order valence-electron chi connectivity index (χ2n) is 12.0. The molecular formula is C35H38F2N2O2S. The molecular weight excluding hydrogens is 550 g/mol. The lowest BCUT2D eigenvalue weighted by atomic mass is 9.87. The van der Waals surface area contributed by atoms with E-state index in [1.54, 1.807) is 0 Å². The highest BCUT2D eigenvalue weighted by Crippen LogP contribution is 2.47. The van der Waals surface area contributed by atoms with E-state index < -0.39 is 11.6 Å². The van der Waals surface area contributed by atoms with Crippen LogP contribution in [-0.2, 0) is 11.2 Å². The zero-order valence-electron chi connectivity index (χ0n) is 24.0. The maximum Gasteiger partial charge on any atom is 0.230 e. The van der Waals surface area contributed by atoms with E-state index in [-0.39, 0.29) is 25.1 Å². The molecule has 1 saturated heterocycles. The lowest BCUT2D eigenvalue weighted by Crippen LogP contribution is -2.26. The highest BCUT2D eigenvalue weighted by Gasteiger charge is 2.55. The molecule has 0 bridgehead atoms. The van der Waals surface area contributed by atoms with Gasteiger partial charge in [0.25, 0.3) is 0 Å². The zero-order valence-corrected chi connectivity index (χ0v) is 24.9. The standard InChI is InChI=1S/C35H38F2N2O2S/c1-35(37)21-32(35)34(40)38-26-10-15-31-25(20-26)4-2-5-30(23-8-13-29(42)14-9-23)33(31)24-6-11-27(12-7-24)41-28-16-19-39(22-28)18-3-17-36/h6-15,20,28,32,42H,2-5,16-19,21-22H2,1H3,(H,38,40). The summed E-state index contributed by atoms with van der Waals surface area (Å²) in [6.45, 7) is 3.76. The van der Waals surface area contributed by atoms with Gasteiger partial charge in [0.1, 0.15) is 17.5 Å². The molecule has 6 rings (SSSR count). The van der Waals surface area contributed by atoms with Gasteiger partial charge in [0.15, 0.2) is 0 Å². The number of anilines is 1. The van der Waals surface area contributed by atoms with Crippen molar-refractivity contribution in [3.8, 4) is 5.75 Å². The van der Waals surface area contributed by atoms with Crippen molar-refractivity contribution in [3.05, 3.63) is 89.0 Å². The quantitative estimate of drug-likeness (QED) is 0.251. The molecule has 3 atom stereocenters. The lowest BCUT2D eigenvalue weighted by Gasteiger charge is -2.19. The molecule has 0 spiro atoms. The summed E-state index contributed by atoms with van der Waals surface area (Å²) in [5, 5.41) is 2.95. The number of aryl methyl sites for hydroxylation is 1. The van der Waals surface area contributed by atoms with Crippen molar-refractivity contribution in [3.63, 3.8) is 0 Å². The molecule has 3 aromatic carbocycles. The number of benzene rings is 3. The first kappa shape index (κ1) is 28.9. The topological polar surface area (TPSA) is 41.6 Å². The minimum atomic E-state index is -1.40. The smallest absolute Gasteiger partial charge is 0.230 e. The fourth-order valence-corrected chi connectivity index (χ4v) is 6.50. The van der Waals surface area contributed by atoms with Gasteiger partial charge in [-0.25, -0.2) is 4.39 Å². The summed E-state index contributed by atoms with van der Waals surface area (Å²) in [5.74, 6) is 0.0149. The molecule has 0 radical (unpaired) electrons. The number of rotatable bonds is 9. The number of halogens is 2. The Bertz CT molecular complexity index is 1470. The first-order valence-corrected chi connectivity index (χ1v) is 15.5. The van der Waals surface area contributed by atoms with E-state index in [1.807, 2.05) is 30.3 Å². The third kappa shape index (κ3) is 6.42. The fraction of sp³-hybridized carbons (Fsp3) is 0.400. The van der Waals surface area contributed by atoms with Crippen LogP contribution < -0.4 is 10.1 Å². The average Bonchev–Trinajstić information content (AvgIpc) is 3.48. The van der Waals surface area contributed by atoms with Crippen LogP contribution in [0.2, 0.25) is 0 Å². The third-order valence-corrected chi connectivity index (χ3v) is 9.10. The number of fused-ring (bicyclic) bond motifs is 1. The van der Waals surface area contributed by atoms with Crippen molar-refractivity contribution in [2.75, 3.05) is 31.6 Å². The summed E-state index contributed by atoms with van der Waals surface area (Å²) in [6.07, 6.45) is 4.67. The van der Waals surface area contributed by atoms with Gasteiger partial charge in [0.2, 0.25) is 5.91 Å². The minimum absolute atomic E-state index is 0.114. The number of alkyl halides is 2. The number of amides is 1. The number of hydrogen-bond donors (Lipinski definition) is 2. The molecule has 3 aromatic rings. The molecule has 7 heteroatoms. The number of allylic oxidation sites excluding steroid dienone is 1. The van der Waals surface area contributed by atoms with Crippen LogP contribution in [0.5, 0.6) is 5.75 Å². The van der Waals surface area contributed by atoms with Crippen molar-refractivity contribution in [2.45, 2.75) is 62.1 Å². The van der Waals surface area contributed by atoms with Crippen LogP contribution in [0.15, 0.2) is 71.6 Å². The molecule has 1 amide bonds. The van der Waals surface area contributed by atoms with Gasteiger partial charge in [0.05, 0.1) is 12.6 Å². The number of thiol groups is 1. The Balaban J connectivity index is 1.29. The lowest BCUT2D eigenvalue weighted by molar-refractivity contribution is -0.118. The maximum absolute atomic E-state index is 14.1. The van der Waals surface area contributed by atoms with Crippen LogP contribution in [0.4, 0.5) is 14.5 Å². The van der Waals surface area contributed by atoms with Gasteiger partial charge in [-0.1, -0.05) is 30.3 Å². The van der Waals surface area contributed by atoms with E-state index in [1.165, 1.54) is 29.2 Å². The molecule has 42 heavy (non-hydrogen) atoms. The Kier molecular flexibility index (Phi) is 8.42. The Labute approximate surface area is 252 Å². The van der Waals surface area contributed by atoms with Gasteiger partial charge in [0, 0.05) is 30.2 Å². The van der Waals surface area contributed by atoms with E-state index in [0.29, 0.717) is 12.1 Å². The number of nitrogens with zero attached hydrogens (tertiary/aromatic N) is 1.